The summed E-state index contributed by atoms with van der Waals surface area (Å²) in [5.41, 5.74) is -0.890. The summed E-state index contributed by atoms with van der Waals surface area (Å²) < 4.78 is 49.6. The van der Waals surface area contributed by atoms with Crippen LogP contribution in [0, 0.1) is 17.0 Å². The van der Waals surface area contributed by atoms with Gasteiger partial charge in [0, 0.05) is 17.7 Å². The molecule has 7 nitrogen and oxygen atoms in total. The fourth-order valence-electron chi connectivity index (χ4n) is 2.89. The van der Waals surface area contributed by atoms with Crippen LogP contribution in [0.4, 0.5) is 18.9 Å². The fourth-order valence-corrected chi connectivity index (χ4v) is 2.89. The zero-order valence-electron chi connectivity index (χ0n) is 16.5. The molecular formula is C22H16F3NO6. The second kappa shape index (κ2) is 8.96. The number of hydrogen-bond acceptors (Lipinski definition) is 5. The molecule has 0 bridgehead atoms. The minimum Gasteiger partial charge on any atom is -0.478 e. The fraction of sp³-hybridized carbons (Fsp3) is 0.136. The molecule has 3 rings (SSSR count). The smallest absolute Gasteiger partial charge is 0.416 e. The Morgan fingerprint density at radius 2 is 1.72 bits per heavy atom. The number of rotatable bonds is 7. The maximum absolute atomic E-state index is 12.9. The predicted octanol–water partition coefficient (Wildman–Crippen LogP) is 5.92. The van der Waals surface area contributed by atoms with E-state index in [4.69, 9.17) is 9.47 Å². The Bertz CT molecular complexity index is 1150. The van der Waals surface area contributed by atoms with Gasteiger partial charge in [-0.3, -0.25) is 10.1 Å². The normalized spacial score (nSPS) is 12.1. The van der Waals surface area contributed by atoms with Crippen LogP contribution in [0.3, 0.4) is 0 Å². The molecule has 0 fully saturated rings. The number of aliphatic carboxylic acids is 1. The van der Waals surface area contributed by atoms with Gasteiger partial charge in [0.05, 0.1) is 10.5 Å². The van der Waals surface area contributed by atoms with E-state index in [1.807, 2.05) is 0 Å². The van der Waals surface area contributed by atoms with Crippen molar-refractivity contribution < 1.29 is 37.5 Å². The molecule has 1 N–H and O–H groups in total. The molecule has 0 spiro atoms. The number of hydrogen-bond donors (Lipinski definition) is 1. The first-order chi connectivity index (χ1) is 15.1. The highest BCUT2D eigenvalue weighted by atomic mass is 19.4. The van der Waals surface area contributed by atoms with E-state index in [-0.39, 0.29) is 28.4 Å². The molecule has 0 aliphatic carbocycles. The van der Waals surface area contributed by atoms with Crippen LogP contribution in [0.1, 0.15) is 22.8 Å². The monoisotopic (exact) mass is 447 g/mol. The number of carboxylic acid groups (broad SMARTS) is 1. The molecule has 0 aliphatic heterocycles. The lowest BCUT2D eigenvalue weighted by Gasteiger charge is -2.17. The first-order valence-electron chi connectivity index (χ1n) is 9.15. The molecule has 0 saturated heterocycles. The van der Waals surface area contributed by atoms with Crippen LogP contribution in [0.25, 0.3) is 0 Å². The van der Waals surface area contributed by atoms with Gasteiger partial charge in [0.25, 0.3) is 0 Å². The minimum absolute atomic E-state index is 0.0191. The highest BCUT2D eigenvalue weighted by Gasteiger charge is 2.31. The third kappa shape index (κ3) is 5.15. The van der Waals surface area contributed by atoms with Gasteiger partial charge < -0.3 is 14.6 Å². The first kappa shape index (κ1) is 22.6. The summed E-state index contributed by atoms with van der Waals surface area (Å²) in [6.07, 6.45) is -6.04. The number of carbonyl (C=O) groups is 1. The molecule has 0 radical (unpaired) electrons. The van der Waals surface area contributed by atoms with Gasteiger partial charge in [-0.1, -0.05) is 30.3 Å². The molecule has 10 heteroatoms. The van der Waals surface area contributed by atoms with E-state index in [0.717, 1.165) is 30.3 Å². The molecule has 0 amide bonds. The Hall–Kier alpha value is -4.08. The van der Waals surface area contributed by atoms with Gasteiger partial charge in [0.1, 0.15) is 11.5 Å². The van der Waals surface area contributed by atoms with Gasteiger partial charge in [0.15, 0.2) is 0 Å². The number of nitro benzene ring substituents is 1. The van der Waals surface area contributed by atoms with Crippen molar-refractivity contribution in [3.8, 4) is 17.2 Å². The van der Waals surface area contributed by atoms with Crippen LogP contribution in [0.15, 0.2) is 66.7 Å². The Balaban J connectivity index is 1.94. The van der Waals surface area contributed by atoms with Gasteiger partial charge in [-0.15, -0.1) is 0 Å². The number of nitrogens with zero attached hydrogens (tertiary/aromatic N) is 1. The summed E-state index contributed by atoms with van der Waals surface area (Å²) in [6.45, 7) is 1.42. The van der Waals surface area contributed by atoms with E-state index >= 15 is 0 Å². The number of aryl methyl sites for hydroxylation is 1. The lowest BCUT2D eigenvalue weighted by atomic mass is 10.1. The number of carboxylic acids is 1. The van der Waals surface area contributed by atoms with Crippen LogP contribution < -0.4 is 9.47 Å². The van der Waals surface area contributed by atoms with Gasteiger partial charge in [-0.2, -0.15) is 13.2 Å². The van der Waals surface area contributed by atoms with Crippen LogP contribution in [0.2, 0.25) is 0 Å². The summed E-state index contributed by atoms with van der Waals surface area (Å²) in [5.74, 6) is -1.62. The second-order valence-electron chi connectivity index (χ2n) is 6.71. The zero-order valence-corrected chi connectivity index (χ0v) is 16.5. The topological polar surface area (TPSA) is 98.9 Å². The van der Waals surface area contributed by atoms with Gasteiger partial charge in [-0.05, 0) is 36.8 Å². The van der Waals surface area contributed by atoms with Gasteiger partial charge in [-0.25, -0.2) is 4.79 Å². The standard InChI is InChI=1S/C22H16F3NO6/c1-13-11-15(22(23,24)25)7-10-18(13)31-16-8-9-17(26(29)30)19(12-16)32-20(21(27)28)14-5-3-2-4-6-14/h2-12,20H,1H3,(H,27,28). The van der Waals surface area contributed by atoms with E-state index in [2.05, 4.69) is 0 Å². The van der Waals surface area contributed by atoms with Crippen molar-refractivity contribution in [1.82, 2.24) is 0 Å². The van der Waals surface area contributed by atoms with Gasteiger partial charge in [0.2, 0.25) is 11.9 Å². The van der Waals surface area contributed by atoms with Crippen LogP contribution in [-0.4, -0.2) is 16.0 Å². The van der Waals surface area contributed by atoms with Crippen LogP contribution in [0.5, 0.6) is 17.2 Å². The molecule has 0 saturated carbocycles. The summed E-state index contributed by atoms with van der Waals surface area (Å²) in [7, 11) is 0. The lowest BCUT2D eigenvalue weighted by molar-refractivity contribution is -0.386. The Morgan fingerprint density at radius 3 is 2.28 bits per heavy atom. The van der Waals surface area contributed by atoms with Gasteiger partial charge >= 0.3 is 17.8 Å². The molecule has 166 valence electrons. The van der Waals surface area contributed by atoms with Crippen LogP contribution >= 0.6 is 0 Å². The predicted molar refractivity (Wildman–Crippen MR) is 107 cm³/mol. The maximum atomic E-state index is 12.9. The van der Waals surface area contributed by atoms with Crippen molar-refractivity contribution >= 4 is 11.7 Å². The number of halogens is 3. The molecule has 0 aromatic heterocycles. The molecule has 3 aromatic carbocycles. The Labute approximate surface area is 179 Å². The zero-order chi connectivity index (χ0) is 23.5. The van der Waals surface area contributed by atoms with Crippen molar-refractivity contribution in [3.63, 3.8) is 0 Å². The number of ether oxygens (including phenoxy) is 2. The maximum Gasteiger partial charge on any atom is 0.416 e. The highest BCUT2D eigenvalue weighted by molar-refractivity contribution is 5.75. The van der Waals surface area contributed by atoms with Crippen LogP contribution in [-0.2, 0) is 11.0 Å². The summed E-state index contributed by atoms with van der Waals surface area (Å²) in [5, 5.41) is 20.9. The minimum atomic E-state index is -4.51. The number of nitro groups is 1. The molecular weight excluding hydrogens is 431 g/mol. The highest BCUT2D eigenvalue weighted by Crippen LogP contribution is 2.38. The number of alkyl halides is 3. The van der Waals surface area contributed by atoms with E-state index in [9.17, 15) is 33.2 Å². The SMILES string of the molecule is Cc1cc(C(F)(F)F)ccc1Oc1ccc([N+](=O)[O-])c(OC(C(=O)O)c2ccccc2)c1. The largest absolute Gasteiger partial charge is 0.478 e. The molecule has 32 heavy (non-hydrogen) atoms. The second-order valence-corrected chi connectivity index (χ2v) is 6.71. The van der Waals surface area contributed by atoms with E-state index < -0.39 is 34.4 Å². The molecule has 1 unspecified atom stereocenters. The van der Waals surface area contributed by atoms with Crippen molar-refractivity contribution in [1.29, 1.82) is 0 Å². The molecule has 1 atom stereocenters. The molecule has 0 heterocycles. The summed E-state index contributed by atoms with van der Waals surface area (Å²) >= 11 is 0. The average molecular weight is 447 g/mol. The van der Waals surface area contributed by atoms with Crippen molar-refractivity contribution in [2.24, 2.45) is 0 Å². The summed E-state index contributed by atoms with van der Waals surface area (Å²) in [4.78, 5) is 22.4. The average Bonchev–Trinajstić information content (AvgIpc) is 2.73. The van der Waals surface area contributed by atoms with E-state index in [1.165, 1.54) is 25.1 Å². The van der Waals surface area contributed by atoms with Crippen molar-refractivity contribution in [2.75, 3.05) is 0 Å². The Kier molecular flexibility index (Phi) is 6.33. The van der Waals surface area contributed by atoms with E-state index in [0.29, 0.717) is 0 Å². The third-order valence-corrected chi connectivity index (χ3v) is 4.43. The van der Waals surface area contributed by atoms with Crippen molar-refractivity contribution in [3.05, 3.63) is 93.5 Å². The molecule has 0 aliphatic rings. The Morgan fingerprint density at radius 1 is 1.03 bits per heavy atom. The number of benzene rings is 3. The lowest BCUT2D eigenvalue weighted by Crippen LogP contribution is -2.18. The third-order valence-electron chi connectivity index (χ3n) is 4.43. The summed E-state index contributed by atoms with van der Waals surface area (Å²) in [6, 6.07) is 14.2. The first-order valence-corrected chi connectivity index (χ1v) is 9.15. The molecule has 3 aromatic rings. The van der Waals surface area contributed by atoms with E-state index in [1.54, 1.807) is 18.2 Å². The van der Waals surface area contributed by atoms with Crippen molar-refractivity contribution in [2.45, 2.75) is 19.2 Å². The quantitative estimate of drug-likeness (QED) is 0.357.